The standard InChI is InChI=1S/C19H31N/c1-13-10-14(2)12-16(11-13)18(20)15-6-8-17(9-7-15)19(3,4)5/h6-9,13-14,16,18H,10-12,20H2,1-5H3. The van der Waals surface area contributed by atoms with Crippen LogP contribution in [0.4, 0.5) is 0 Å². The Morgan fingerprint density at radius 3 is 1.90 bits per heavy atom. The van der Waals surface area contributed by atoms with Gasteiger partial charge in [0.1, 0.15) is 0 Å². The average Bonchev–Trinajstić information content (AvgIpc) is 2.36. The Morgan fingerprint density at radius 2 is 1.45 bits per heavy atom. The van der Waals surface area contributed by atoms with E-state index >= 15 is 0 Å². The fourth-order valence-corrected chi connectivity index (χ4v) is 3.78. The highest BCUT2D eigenvalue weighted by molar-refractivity contribution is 5.29. The minimum Gasteiger partial charge on any atom is -0.324 e. The van der Waals surface area contributed by atoms with Crippen LogP contribution in [0.15, 0.2) is 24.3 Å². The zero-order valence-corrected chi connectivity index (χ0v) is 13.8. The molecule has 0 spiro atoms. The van der Waals surface area contributed by atoms with Crippen molar-refractivity contribution in [1.29, 1.82) is 0 Å². The summed E-state index contributed by atoms with van der Waals surface area (Å²) in [4.78, 5) is 0. The van der Waals surface area contributed by atoms with Gasteiger partial charge in [0, 0.05) is 6.04 Å². The van der Waals surface area contributed by atoms with E-state index in [0.717, 1.165) is 11.8 Å². The van der Waals surface area contributed by atoms with Crippen LogP contribution in [0.5, 0.6) is 0 Å². The average molecular weight is 273 g/mol. The van der Waals surface area contributed by atoms with E-state index in [0.29, 0.717) is 5.92 Å². The molecule has 0 saturated heterocycles. The third-order valence-corrected chi connectivity index (χ3v) is 4.88. The van der Waals surface area contributed by atoms with Crippen LogP contribution >= 0.6 is 0 Å². The SMILES string of the molecule is CC1CC(C)CC(C(N)c2ccc(C(C)(C)C)cc2)C1. The molecule has 0 radical (unpaired) electrons. The summed E-state index contributed by atoms with van der Waals surface area (Å²) in [5, 5.41) is 0. The molecule has 20 heavy (non-hydrogen) atoms. The maximum Gasteiger partial charge on any atom is 0.0323 e. The Morgan fingerprint density at radius 1 is 0.950 bits per heavy atom. The van der Waals surface area contributed by atoms with E-state index in [4.69, 9.17) is 5.73 Å². The van der Waals surface area contributed by atoms with Gasteiger partial charge in [0.2, 0.25) is 0 Å². The number of rotatable bonds is 2. The van der Waals surface area contributed by atoms with Crippen LogP contribution < -0.4 is 5.73 Å². The molecular formula is C19H31N. The van der Waals surface area contributed by atoms with Crippen molar-refractivity contribution in [3.63, 3.8) is 0 Å². The lowest BCUT2D eigenvalue weighted by atomic mass is 9.72. The molecule has 0 amide bonds. The fourth-order valence-electron chi connectivity index (χ4n) is 3.78. The van der Waals surface area contributed by atoms with E-state index in [1.54, 1.807) is 0 Å². The van der Waals surface area contributed by atoms with Crippen LogP contribution in [0.25, 0.3) is 0 Å². The van der Waals surface area contributed by atoms with Crippen molar-refractivity contribution in [2.24, 2.45) is 23.5 Å². The van der Waals surface area contributed by atoms with Gasteiger partial charge < -0.3 is 5.73 Å². The van der Waals surface area contributed by atoms with Gasteiger partial charge in [0.25, 0.3) is 0 Å². The molecule has 1 aliphatic rings. The molecule has 1 aromatic rings. The highest BCUT2D eigenvalue weighted by atomic mass is 14.7. The molecule has 1 nitrogen and oxygen atoms in total. The molecule has 0 aliphatic heterocycles. The van der Waals surface area contributed by atoms with Gasteiger partial charge in [-0.25, -0.2) is 0 Å². The van der Waals surface area contributed by atoms with Crippen LogP contribution in [0, 0.1) is 17.8 Å². The van der Waals surface area contributed by atoms with Crippen molar-refractivity contribution in [3.8, 4) is 0 Å². The first-order chi connectivity index (χ1) is 9.27. The van der Waals surface area contributed by atoms with Gasteiger partial charge in [-0.1, -0.05) is 58.9 Å². The summed E-state index contributed by atoms with van der Waals surface area (Å²) in [7, 11) is 0. The molecule has 1 fully saturated rings. The van der Waals surface area contributed by atoms with Crippen molar-refractivity contribution in [1.82, 2.24) is 0 Å². The minimum atomic E-state index is 0.203. The second kappa shape index (κ2) is 5.89. The lowest BCUT2D eigenvalue weighted by Gasteiger charge is -2.35. The summed E-state index contributed by atoms with van der Waals surface area (Å²) < 4.78 is 0. The van der Waals surface area contributed by atoms with Crippen LogP contribution in [0.2, 0.25) is 0 Å². The summed E-state index contributed by atoms with van der Waals surface area (Å²) in [5.41, 5.74) is 9.47. The Bertz CT molecular complexity index is 416. The third kappa shape index (κ3) is 3.63. The summed E-state index contributed by atoms with van der Waals surface area (Å²) in [6.45, 7) is 11.5. The van der Waals surface area contributed by atoms with E-state index in [2.05, 4.69) is 58.9 Å². The largest absolute Gasteiger partial charge is 0.324 e. The molecule has 0 heterocycles. The van der Waals surface area contributed by atoms with E-state index in [-0.39, 0.29) is 11.5 Å². The van der Waals surface area contributed by atoms with Crippen LogP contribution in [0.3, 0.4) is 0 Å². The van der Waals surface area contributed by atoms with Gasteiger partial charge in [-0.15, -0.1) is 0 Å². The zero-order chi connectivity index (χ0) is 14.9. The van der Waals surface area contributed by atoms with Crippen molar-refractivity contribution >= 4 is 0 Å². The second-order valence-electron chi connectivity index (χ2n) is 8.08. The fraction of sp³-hybridized carbons (Fsp3) is 0.684. The third-order valence-electron chi connectivity index (χ3n) is 4.88. The van der Waals surface area contributed by atoms with Gasteiger partial charge in [-0.3, -0.25) is 0 Å². The normalized spacial score (nSPS) is 29.2. The molecule has 2 rings (SSSR count). The van der Waals surface area contributed by atoms with Crippen molar-refractivity contribution in [2.75, 3.05) is 0 Å². The van der Waals surface area contributed by atoms with Crippen LogP contribution in [-0.4, -0.2) is 0 Å². The lowest BCUT2D eigenvalue weighted by molar-refractivity contribution is 0.193. The maximum atomic E-state index is 6.55. The summed E-state index contributed by atoms with van der Waals surface area (Å²) in [5.74, 6) is 2.29. The molecular weight excluding hydrogens is 242 g/mol. The summed E-state index contributed by atoms with van der Waals surface area (Å²) in [6.07, 6.45) is 3.94. The van der Waals surface area contributed by atoms with E-state index in [9.17, 15) is 0 Å². The first-order valence-electron chi connectivity index (χ1n) is 8.13. The first-order valence-corrected chi connectivity index (χ1v) is 8.13. The molecule has 0 bridgehead atoms. The van der Waals surface area contributed by atoms with Gasteiger partial charge in [-0.2, -0.15) is 0 Å². The summed E-state index contributed by atoms with van der Waals surface area (Å²) >= 11 is 0. The molecule has 0 aromatic heterocycles. The van der Waals surface area contributed by atoms with Crippen molar-refractivity contribution in [3.05, 3.63) is 35.4 Å². The Labute approximate surface area is 125 Å². The molecule has 112 valence electrons. The smallest absolute Gasteiger partial charge is 0.0323 e. The van der Waals surface area contributed by atoms with E-state index < -0.39 is 0 Å². The predicted molar refractivity (Wildman–Crippen MR) is 87.7 cm³/mol. The molecule has 2 N–H and O–H groups in total. The number of hydrogen-bond acceptors (Lipinski definition) is 1. The molecule has 1 aromatic carbocycles. The molecule has 1 heteroatoms. The number of benzene rings is 1. The molecule has 3 unspecified atom stereocenters. The maximum absolute atomic E-state index is 6.55. The quantitative estimate of drug-likeness (QED) is 0.801. The topological polar surface area (TPSA) is 26.0 Å². The molecule has 1 aliphatic carbocycles. The van der Waals surface area contributed by atoms with Crippen LogP contribution in [0.1, 0.15) is 71.0 Å². The molecule has 3 atom stereocenters. The Balaban J connectivity index is 2.11. The highest BCUT2D eigenvalue weighted by Gasteiger charge is 2.29. The Hall–Kier alpha value is -0.820. The van der Waals surface area contributed by atoms with Crippen molar-refractivity contribution < 1.29 is 0 Å². The van der Waals surface area contributed by atoms with E-state index in [1.165, 1.54) is 30.4 Å². The Kier molecular flexibility index (Phi) is 4.59. The van der Waals surface area contributed by atoms with Gasteiger partial charge >= 0.3 is 0 Å². The highest BCUT2D eigenvalue weighted by Crippen LogP contribution is 2.39. The minimum absolute atomic E-state index is 0.203. The van der Waals surface area contributed by atoms with E-state index in [1.807, 2.05) is 0 Å². The summed E-state index contributed by atoms with van der Waals surface area (Å²) in [6, 6.07) is 9.20. The van der Waals surface area contributed by atoms with Crippen LogP contribution in [-0.2, 0) is 5.41 Å². The molecule has 1 saturated carbocycles. The zero-order valence-electron chi connectivity index (χ0n) is 13.8. The number of hydrogen-bond donors (Lipinski definition) is 1. The van der Waals surface area contributed by atoms with Gasteiger partial charge in [0.15, 0.2) is 0 Å². The second-order valence-corrected chi connectivity index (χ2v) is 8.08. The van der Waals surface area contributed by atoms with Crippen molar-refractivity contribution in [2.45, 2.75) is 65.3 Å². The number of nitrogens with two attached hydrogens (primary N) is 1. The predicted octanol–water partition coefficient (Wildman–Crippen LogP) is 5.06. The van der Waals surface area contributed by atoms with Gasteiger partial charge in [0.05, 0.1) is 0 Å². The van der Waals surface area contributed by atoms with Gasteiger partial charge in [-0.05, 0) is 53.6 Å². The first kappa shape index (κ1) is 15.6. The monoisotopic (exact) mass is 273 g/mol. The lowest BCUT2D eigenvalue weighted by Crippen LogP contribution is -2.29.